The smallest absolute Gasteiger partial charge is 0.264 e. The van der Waals surface area contributed by atoms with Crippen LogP contribution in [0.1, 0.15) is 22.3 Å². The summed E-state index contributed by atoms with van der Waals surface area (Å²) >= 11 is 1.32. The maximum atomic E-state index is 12.4. The van der Waals surface area contributed by atoms with Crippen LogP contribution in [-0.4, -0.2) is 18.2 Å². The number of rotatable bonds is 6. The van der Waals surface area contributed by atoms with Gasteiger partial charge in [-0.25, -0.2) is 4.99 Å². The van der Waals surface area contributed by atoms with E-state index >= 15 is 0 Å². The van der Waals surface area contributed by atoms with Crippen molar-refractivity contribution in [1.29, 1.82) is 0 Å². The van der Waals surface area contributed by atoms with Crippen LogP contribution >= 0.6 is 11.8 Å². The lowest BCUT2D eigenvalue weighted by molar-refractivity contribution is -0.115. The molecular weight excluding hydrogens is 420 g/mol. The van der Waals surface area contributed by atoms with Crippen LogP contribution in [0.25, 0.3) is 6.08 Å². The molecule has 1 N–H and O–H groups in total. The highest BCUT2D eigenvalue weighted by Crippen LogP contribution is 2.32. The lowest BCUT2D eigenvalue weighted by Gasteiger charge is -2.12. The van der Waals surface area contributed by atoms with Crippen LogP contribution in [0.5, 0.6) is 11.5 Å². The summed E-state index contributed by atoms with van der Waals surface area (Å²) in [6.45, 7) is 4.53. The standard InChI is InChI=1S/C26H24N2O3S/c1-17-7-10-21(11-8-17)27-26-28-25(29)24(32-26)15-19-9-12-22(23(14-19)30-3)31-16-20-6-4-5-18(2)13-20/h4-15H,16H2,1-3H3,(H,27,28,29)/b24-15-. The minimum Gasteiger partial charge on any atom is -0.493 e. The Morgan fingerprint density at radius 2 is 1.78 bits per heavy atom. The first-order valence-electron chi connectivity index (χ1n) is 10.2. The second-order valence-electron chi connectivity index (χ2n) is 7.51. The Kier molecular flexibility index (Phi) is 6.61. The molecule has 3 aromatic carbocycles. The van der Waals surface area contributed by atoms with Crippen molar-refractivity contribution in [3.05, 3.63) is 93.9 Å². The van der Waals surface area contributed by atoms with E-state index in [0.717, 1.165) is 22.4 Å². The Morgan fingerprint density at radius 1 is 0.969 bits per heavy atom. The van der Waals surface area contributed by atoms with Crippen LogP contribution in [-0.2, 0) is 11.4 Å². The van der Waals surface area contributed by atoms with Crippen LogP contribution in [0.4, 0.5) is 5.69 Å². The second-order valence-corrected chi connectivity index (χ2v) is 8.54. The van der Waals surface area contributed by atoms with Crippen molar-refractivity contribution in [2.45, 2.75) is 20.5 Å². The van der Waals surface area contributed by atoms with Crippen molar-refractivity contribution in [2.24, 2.45) is 4.99 Å². The number of thioether (sulfide) groups is 1. The van der Waals surface area contributed by atoms with Gasteiger partial charge in [0.15, 0.2) is 16.7 Å². The molecule has 0 radical (unpaired) electrons. The van der Waals surface area contributed by atoms with Gasteiger partial charge < -0.3 is 14.8 Å². The van der Waals surface area contributed by atoms with E-state index in [-0.39, 0.29) is 5.91 Å². The number of benzene rings is 3. The van der Waals surface area contributed by atoms with E-state index in [9.17, 15) is 4.79 Å². The molecule has 0 spiro atoms. The molecule has 0 aliphatic carbocycles. The van der Waals surface area contributed by atoms with Gasteiger partial charge in [0.05, 0.1) is 17.7 Å². The Hall–Kier alpha value is -3.51. The number of methoxy groups -OCH3 is 1. The molecule has 6 heteroatoms. The summed E-state index contributed by atoms with van der Waals surface area (Å²) in [5.41, 5.74) is 5.10. The van der Waals surface area contributed by atoms with Crippen LogP contribution in [0.15, 0.2) is 76.6 Å². The van der Waals surface area contributed by atoms with Gasteiger partial charge >= 0.3 is 0 Å². The van der Waals surface area contributed by atoms with Gasteiger partial charge in [0.1, 0.15) is 6.61 Å². The van der Waals surface area contributed by atoms with Crippen molar-refractivity contribution in [2.75, 3.05) is 7.11 Å². The van der Waals surface area contributed by atoms with Crippen molar-refractivity contribution in [3.8, 4) is 11.5 Å². The number of nitrogens with zero attached hydrogens (tertiary/aromatic N) is 1. The Balaban J connectivity index is 1.48. The van der Waals surface area contributed by atoms with Crippen LogP contribution in [0.3, 0.4) is 0 Å². The largest absolute Gasteiger partial charge is 0.493 e. The average molecular weight is 445 g/mol. The van der Waals surface area contributed by atoms with Gasteiger partial charge in [0.2, 0.25) is 0 Å². The highest BCUT2D eigenvalue weighted by Gasteiger charge is 2.24. The van der Waals surface area contributed by atoms with Gasteiger partial charge in [0, 0.05) is 0 Å². The number of amidine groups is 1. The molecule has 1 fully saturated rings. The molecule has 0 atom stereocenters. The fourth-order valence-corrected chi connectivity index (χ4v) is 4.07. The quantitative estimate of drug-likeness (QED) is 0.490. The molecule has 32 heavy (non-hydrogen) atoms. The van der Waals surface area contributed by atoms with Gasteiger partial charge in [-0.15, -0.1) is 0 Å². The van der Waals surface area contributed by atoms with Crippen LogP contribution in [0, 0.1) is 13.8 Å². The van der Waals surface area contributed by atoms with Crippen LogP contribution < -0.4 is 14.8 Å². The number of aryl methyl sites for hydroxylation is 2. The molecule has 0 bridgehead atoms. The Labute approximate surface area is 192 Å². The number of hydrogen-bond acceptors (Lipinski definition) is 5. The van der Waals surface area contributed by atoms with Crippen molar-refractivity contribution < 1.29 is 14.3 Å². The lowest BCUT2D eigenvalue weighted by atomic mass is 10.1. The molecule has 0 saturated carbocycles. The predicted molar refractivity (Wildman–Crippen MR) is 130 cm³/mol. The number of carbonyl (C=O) groups is 1. The molecule has 0 aromatic heterocycles. The summed E-state index contributed by atoms with van der Waals surface area (Å²) in [6, 6.07) is 21.7. The molecule has 1 amide bonds. The summed E-state index contributed by atoms with van der Waals surface area (Å²) < 4.78 is 11.5. The molecule has 162 valence electrons. The molecule has 1 heterocycles. The van der Waals surface area contributed by atoms with E-state index in [1.165, 1.54) is 17.3 Å². The SMILES string of the molecule is COc1cc(/C=C2\SC(=Nc3ccc(C)cc3)NC2=O)ccc1OCc1cccc(C)c1. The predicted octanol–water partition coefficient (Wildman–Crippen LogP) is 5.78. The van der Waals surface area contributed by atoms with Gasteiger partial charge in [-0.1, -0.05) is 53.6 Å². The van der Waals surface area contributed by atoms with Gasteiger partial charge in [-0.3, -0.25) is 4.79 Å². The zero-order chi connectivity index (χ0) is 22.5. The fourth-order valence-electron chi connectivity index (χ4n) is 3.22. The van der Waals surface area contributed by atoms with Gasteiger partial charge in [-0.2, -0.15) is 0 Å². The molecule has 3 aromatic rings. The van der Waals surface area contributed by atoms with Crippen molar-refractivity contribution in [1.82, 2.24) is 5.32 Å². The number of hydrogen-bond donors (Lipinski definition) is 1. The van der Waals surface area contributed by atoms with Crippen LogP contribution in [0.2, 0.25) is 0 Å². The summed E-state index contributed by atoms with van der Waals surface area (Å²) in [6.07, 6.45) is 1.82. The Morgan fingerprint density at radius 3 is 2.53 bits per heavy atom. The number of aliphatic imine (C=N–C) groups is 1. The zero-order valence-corrected chi connectivity index (χ0v) is 19.0. The molecule has 1 saturated heterocycles. The summed E-state index contributed by atoms with van der Waals surface area (Å²) in [7, 11) is 1.61. The normalized spacial score (nSPS) is 15.8. The fraction of sp³-hybridized carbons (Fsp3) is 0.154. The lowest BCUT2D eigenvalue weighted by Crippen LogP contribution is -2.19. The number of nitrogens with one attached hydrogen (secondary N) is 1. The summed E-state index contributed by atoms with van der Waals surface area (Å²) in [5, 5.41) is 3.39. The summed E-state index contributed by atoms with van der Waals surface area (Å²) in [5.74, 6) is 1.10. The monoisotopic (exact) mass is 444 g/mol. The van der Waals surface area contributed by atoms with Gasteiger partial charge in [-0.05, 0) is 67.1 Å². The highest BCUT2D eigenvalue weighted by atomic mass is 32.2. The van der Waals surface area contributed by atoms with E-state index in [1.54, 1.807) is 7.11 Å². The average Bonchev–Trinajstić information content (AvgIpc) is 3.12. The van der Waals surface area contributed by atoms with E-state index in [1.807, 2.05) is 67.6 Å². The van der Waals surface area contributed by atoms with Crippen molar-refractivity contribution in [3.63, 3.8) is 0 Å². The third-order valence-electron chi connectivity index (χ3n) is 4.88. The first-order valence-corrected chi connectivity index (χ1v) is 11.0. The van der Waals surface area contributed by atoms with Gasteiger partial charge in [0.25, 0.3) is 5.91 Å². The van der Waals surface area contributed by atoms with E-state index in [0.29, 0.717) is 28.2 Å². The van der Waals surface area contributed by atoms with Crippen molar-refractivity contribution >= 4 is 34.6 Å². The number of carbonyl (C=O) groups excluding carboxylic acids is 1. The third-order valence-corrected chi connectivity index (χ3v) is 5.79. The highest BCUT2D eigenvalue weighted by molar-refractivity contribution is 8.18. The molecule has 5 nitrogen and oxygen atoms in total. The minimum absolute atomic E-state index is 0.167. The molecule has 0 unspecified atom stereocenters. The molecule has 1 aliphatic rings. The molecule has 1 aliphatic heterocycles. The second kappa shape index (κ2) is 9.75. The maximum Gasteiger partial charge on any atom is 0.264 e. The molecule has 4 rings (SSSR count). The molecular formula is C26H24N2O3S. The zero-order valence-electron chi connectivity index (χ0n) is 18.2. The minimum atomic E-state index is -0.167. The maximum absolute atomic E-state index is 12.4. The summed E-state index contributed by atoms with van der Waals surface area (Å²) in [4.78, 5) is 17.5. The van der Waals surface area contributed by atoms with E-state index in [2.05, 4.69) is 29.4 Å². The number of amides is 1. The first-order chi connectivity index (χ1) is 15.5. The topological polar surface area (TPSA) is 59.9 Å². The Bertz CT molecular complexity index is 1200. The van der Waals surface area contributed by atoms with E-state index in [4.69, 9.17) is 9.47 Å². The third kappa shape index (κ3) is 5.39. The van der Waals surface area contributed by atoms with E-state index < -0.39 is 0 Å². The number of ether oxygens (including phenoxy) is 2. The first kappa shape index (κ1) is 21.7.